The highest BCUT2D eigenvalue weighted by molar-refractivity contribution is 14.1. The van der Waals surface area contributed by atoms with Crippen LogP contribution < -0.4 is 5.32 Å². The smallest absolute Gasteiger partial charge is 0.193 e. The quantitative estimate of drug-likeness (QED) is 0.435. The normalized spacial score (nSPS) is 17.9. The van der Waals surface area contributed by atoms with E-state index < -0.39 is 0 Å². The Hall–Kier alpha value is -2.05. The lowest BCUT2D eigenvalue weighted by Gasteiger charge is -2.17. The molecule has 126 valence electrons. The molecule has 0 spiro atoms. The maximum absolute atomic E-state index is 13.3. The summed E-state index contributed by atoms with van der Waals surface area (Å²) in [4.78, 5) is 14.4. The lowest BCUT2D eigenvalue weighted by atomic mass is 10.0. The van der Waals surface area contributed by atoms with E-state index in [1.165, 1.54) is 3.57 Å². The van der Waals surface area contributed by atoms with Gasteiger partial charge in [-0.1, -0.05) is 48.5 Å². The number of para-hydroxylation sites is 1. The van der Waals surface area contributed by atoms with Gasteiger partial charge >= 0.3 is 0 Å². The lowest BCUT2D eigenvalue weighted by molar-refractivity contribution is 0.103. The number of carbonyl (C=O) groups excluding carboxylic acids is 1. The van der Waals surface area contributed by atoms with Crippen LogP contribution in [0.3, 0.4) is 0 Å². The summed E-state index contributed by atoms with van der Waals surface area (Å²) in [6, 6.07) is 24.6. The van der Waals surface area contributed by atoms with Crippen LogP contribution in [-0.2, 0) is 0 Å². The van der Waals surface area contributed by atoms with E-state index in [-0.39, 0.29) is 11.0 Å². The van der Waals surface area contributed by atoms with Crippen LogP contribution in [-0.4, -0.2) is 5.78 Å². The van der Waals surface area contributed by atoms with Gasteiger partial charge in [0, 0.05) is 25.2 Å². The number of carbonyl (C=O) groups is 1. The molecule has 4 heteroatoms. The third kappa shape index (κ3) is 2.51. The number of anilines is 1. The van der Waals surface area contributed by atoms with Crippen molar-refractivity contribution in [2.75, 3.05) is 5.32 Å². The predicted octanol–water partition coefficient (Wildman–Crippen LogP) is 6.16. The number of benzene rings is 3. The molecule has 0 fully saturated rings. The molecule has 5 rings (SSSR count). The Kier molecular flexibility index (Phi) is 3.90. The fourth-order valence-corrected chi connectivity index (χ4v) is 5.21. The Morgan fingerprint density at radius 1 is 0.846 bits per heavy atom. The summed E-state index contributed by atoms with van der Waals surface area (Å²) in [6.45, 7) is 0. The molecular formula is C22H14INOS. The molecule has 0 saturated carbocycles. The van der Waals surface area contributed by atoms with Gasteiger partial charge in [0.2, 0.25) is 0 Å². The van der Waals surface area contributed by atoms with Gasteiger partial charge in [-0.15, -0.1) is 11.8 Å². The van der Waals surface area contributed by atoms with E-state index in [9.17, 15) is 4.79 Å². The second-order valence-corrected chi connectivity index (χ2v) is 8.73. The summed E-state index contributed by atoms with van der Waals surface area (Å²) in [5, 5.41) is 3.53. The van der Waals surface area contributed by atoms with Crippen LogP contribution in [0.15, 0.2) is 83.3 Å². The molecular weight excluding hydrogens is 453 g/mol. The van der Waals surface area contributed by atoms with Crippen LogP contribution in [0.25, 0.3) is 5.70 Å². The zero-order valence-corrected chi connectivity index (χ0v) is 16.7. The molecule has 0 unspecified atom stereocenters. The number of rotatable bonds is 1. The molecule has 3 aromatic rings. The lowest BCUT2D eigenvalue weighted by Crippen LogP contribution is -2.07. The summed E-state index contributed by atoms with van der Waals surface area (Å²) >= 11 is 4.06. The number of thioether (sulfide) groups is 1. The SMILES string of the molecule is O=C1C2=C(Nc3ccccc3S[C@@H]2c2ccc(I)cc2)c2ccccc21. The second-order valence-electron chi connectivity index (χ2n) is 6.33. The number of fused-ring (bicyclic) bond motifs is 3. The minimum atomic E-state index is -0.0296. The number of hydrogen-bond donors (Lipinski definition) is 1. The van der Waals surface area contributed by atoms with Gasteiger partial charge < -0.3 is 5.32 Å². The average molecular weight is 467 g/mol. The van der Waals surface area contributed by atoms with Crippen LogP contribution in [0, 0.1) is 3.57 Å². The first kappa shape index (κ1) is 16.1. The zero-order chi connectivity index (χ0) is 17.7. The molecule has 0 aromatic heterocycles. The molecule has 3 aromatic carbocycles. The van der Waals surface area contributed by atoms with Gasteiger partial charge in [0.1, 0.15) is 0 Å². The van der Waals surface area contributed by atoms with E-state index in [1.54, 1.807) is 11.8 Å². The first-order valence-electron chi connectivity index (χ1n) is 8.39. The molecule has 0 amide bonds. The Labute approximate surface area is 169 Å². The molecule has 0 saturated heterocycles. The second kappa shape index (κ2) is 6.28. The minimum Gasteiger partial charge on any atom is -0.354 e. The van der Waals surface area contributed by atoms with Crippen molar-refractivity contribution >= 4 is 51.5 Å². The number of hydrogen-bond acceptors (Lipinski definition) is 3. The van der Waals surface area contributed by atoms with Gasteiger partial charge in [-0.25, -0.2) is 0 Å². The first-order valence-corrected chi connectivity index (χ1v) is 10.3. The van der Waals surface area contributed by atoms with Gasteiger partial charge in [-0.3, -0.25) is 4.79 Å². The maximum Gasteiger partial charge on any atom is 0.193 e. The Morgan fingerprint density at radius 2 is 1.54 bits per heavy atom. The molecule has 0 bridgehead atoms. The zero-order valence-electron chi connectivity index (χ0n) is 13.7. The monoisotopic (exact) mass is 467 g/mol. The van der Waals surface area contributed by atoms with Crippen LogP contribution >= 0.6 is 34.4 Å². The van der Waals surface area contributed by atoms with Crippen molar-refractivity contribution in [2.45, 2.75) is 10.1 Å². The molecule has 0 radical (unpaired) electrons. The highest BCUT2D eigenvalue weighted by atomic mass is 127. The molecule has 1 aliphatic heterocycles. The van der Waals surface area contributed by atoms with E-state index in [0.29, 0.717) is 0 Å². The average Bonchev–Trinajstić information content (AvgIpc) is 2.84. The van der Waals surface area contributed by atoms with Gasteiger partial charge in [0.25, 0.3) is 0 Å². The first-order chi connectivity index (χ1) is 12.7. The van der Waals surface area contributed by atoms with Gasteiger partial charge in [0.15, 0.2) is 5.78 Å². The third-order valence-electron chi connectivity index (χ3n) is 4.78. The van der Waals surface area contributed by atoms with E-state index in [1.807, 2.05) is 36.4 Å². The van der Waals surface area contributed by atoms with E-state index in [0.717, 1.165) is 38.5 Å². The highest BCUT2D eigenvalue weighted by Gasteiger charge is 2.37. The largest absolute Gasteiger partial charge is 0.354 e. The topological polar surface area (TPSA) is 29.1 Å². The molecule has 1 heterocycles. The van der Waals surface area contributed by atoms with E-state index in [2.05, 4.69) is 64.3 Å². The molecule has 1 N–H and O–H groups in total. The van der Waals surface area contributed by atoms with E-state index in [4.69, 9.17) is 0 Å². The fourth-order valence-electron chi connectivity index (χ4n) is 3.55. The number of nitrogens with one attached hydrogen (secondary N) is 1. The van der Waals surface area contributed by atoms with Crippen molar-refractivity contribution in [3.05, 3.63) is 98.6 Å². The molecule has 26 heavy (non-hydrogen) atoms. The third-order valence-corrected chi connectivity index (χ3v) is 6.85. The molecule has 2 aliphatic rings. The van der Waals surface area contributed by atoms with Crippen molar-refractivity contribution < 1.29 is 4.79 Å². The number of halogens is 1. The maximum atomic E-state index is 13.3. The Bertz CT molecular complexity index is 1070. The summed E-state index contributed by atoms with van der Waals surface area (Å²) < 4.78 is 1.19. The summed E-state index contributed by atoms with van der Waals surface area (Å²) in [5.41, 5.74) is 5.81. The van der Waals surface area contributed by atoms with E-state index >= 15 is 0 Å². The van der Waals surface area contributed by atoms with Gasteiger partial charge in [-0.05, 0) is 52.4 Å². The van der Waals surface area contributed by atoms with Crippen molar-refractivity contribution in [3.8, 4) is 0 Å². The molecule has 2 nitrogen and oxygen atoms in total. The van der Waals surface area contributed by atoms with Crippen LogP contribution in [0.2, 0.25) is 0 Å². The van der Waals surface area contributed by atoms with Crippen molar-refractivity contribution in [1.29, 1.82) is 0 Å². The minimum absolute atomic E-state index is 0.0296. The van der Waals surface area contributed by atoms with Crippen LogP contribution in [0.4, 0.5) is 5.69 Å². The van der Waals surface area contributed by atoms with Gasteiger partial charge in [-0.2, -0.15) is 0 Å². The Morgan fingerprint density at radius 3 is 2.35 bits per heavy atom. The standard InChI is InChI=1S/C22H14INOS/c23-14-11-9-13(10-12-14)22-19-20(15-5-1-2-6-16(15)21(19)25)24-17-7-3-4-8-18(17)26-22/h1-12,22,24H/t22-/m1/s1. The highest BCUT2D eigenvalue weighted by Crippen LogP contribution is 2.52. The summed E-state index contributed by atoms with van der Waals surface area (Å²) in [6.07, 6.45) is 0. The number of Topliss-reactive ketones (excluding diaryl/α,β-unsaturated/α-hetero) is 1. The van der Waals surface area contributed by atoms with Crippen molar-refractivity contribution in [3.63, 3.8) is 0 Å². The van der Waals surface area contributed by atoms with Crippen LogP contribution in [0.5, 0.6) is 0 Å². The van der Waals surface area contributed by atoms with Crippen LogP contribution in [0.1, 0.15) is 26.7 Å². The molecule has 1 atom stereocenters. The predicted molar refractivity (Wildman–Crippen MR) is 116 cm³/mol. The molecule has 1 aliphatic carbocycles. The Balaban J connectivity index is 1.74. The fraction of sp³-hybridized carbons (Fsp3) is 0.0455. The summed E-state index contributed by atoms with van der Waals surface area (Å²) in [7, 11) is 0. The summed E-state index contributed by atoms with van der Waals surface area (Å²) in [5.74, 6) is 0.131. The van der Waals surface area contributed by atoms with Crippen molar-refractivity contribution in [1.82, 2.24) is 0 Å². The van der Waals surface area contributed by atoms with Crippen molar-refractivity contribution in [2.24, 2.45) is 0 Å². The van der Waals surface area contributed by atoms with Gasteiger partial charge in [0.05, 0.1) is 16.6 Å². The number of ketones is 1.